The number of nitrogen functional groups attached to an aromatic ring is 1. The van der Waals surface area contributed by atoms with Crippen LogP contribution in [0.25, 0.3) is 22.2 Å². The second kappa shape index (κ2) is 3.59. The Kier molecular flexibility index (Phi) is 2.19. The lowest BCUT2D eigenvalue weighted by atomic mass is 10.1. The van der Waals surface area contributed by atoms with Gasteiger partial charge in [-0.1, -0.05) is 11.2 Å². The molecule has 0 aliphatic heterocycles. The summed E-state index contributed by atoms with van der Waals surface area (Å²) in [5, 5.41) is 9.22. The number of anilines is 1. The summed E-state index contributed by atoms with van der Waals surface area (Å²) < 4.78 is 7.49. The normalized spacial score (nSPS) is 11.2. The molecular weight excluding hydrogens is 284 g/mol. The highest BCUT2D eigenvalue weighted by atomic mass is 79.9. The third-order valence-corrected chi connectivity index (χ3v) is 3.22. The van der Waals surface area contributed by atoms with Gasteiger partial charge < -0.3 is 10.3 Å². The molecule has 0 atom stereocenters. The monoisotopic (exact) mass is 292 g/mol. The molecule has 0 unspecified atom stereocenters. The molecule has 0 fully saturated rings. The number of aryl methyl sites for hydroxylation is 1. The first-order chi connectivity index (χ1) is 8.15. The Morgan fingerprint density at radius 1 is 1.35 bits per heavy atom. The van der Waals surface area contributed by atoms with E-state index in [1.54, 1.807) is 6.07 Å². The summed E-state index contributed by atoms with van der Waals surface area (Å²) in [6.45, 7) is 0. The molecule has 0 aliphatic rings. The Hall–Kier alpha value is -1.82. The van der Waals surface area contributed by atoms with Crippen LogP contribution < -0.4 is 5.73 Å². The molecule has 2 heterocycles. The lowest BCUT2D eigenvalue weighted by Gasteiger charge is -1.97. The van der Waals surface area contributed by atoms with E-state index in [2.05, 4.69) is 26.2 Å². The molecule has 0 saturated heterocycles. The van der Waals surface area contributed by atoms with Crippen molar-refractivity contribution in [1.29, 1.82) is 0 Å². The van der Waals surface area contributed by atoms with Gasteiger partial charge in [0.25, 0.3) is 0 Å². The minimum absolute atomic E-state index is 0.311. The predicted molar refractivity (Wildman–Crippen MR) is 68.3 cm³/mol. The van der Waals surface area contributed by atoms with E-state index in [9.17, 15) is 0 Å². The molecule has 5 nitrogen and oxygen atoms in total. The van der Waals surface area contributed by atoms with Gasteiger partial charge >= 0.3 is 0 Å². The molecule has 6 heteroatoms. The molecule has 1 aromatic carbocycles. The van der Waals surface area contributed by atoms with Crippen LogP contribution in [0.15, 0.2) is 33.4 Å². The fourth-order valence-corrected chi connectivity index (χ4v) is 2.36. The molecule has 0 aliphatic carbocycles. The minimum atomic E-state index is 0.311. The van der Waals surface area contributed by atoms with E-state index in [4.69, 9.17) is 10.3 Å². The average molecular weight is 293 g/mol. The number of hydrogen-bond donors (Lipinski definition) is 1. The van der Waals surface area contributed by atoms with Crippen molar-refractivity contribution in [3.05, 3.63) is 28.9 Å². The van der Waals surface area contributed by atoms with E-state index in [1.165, 1.54) is 0 Å². The SMILES string of the molecule is Cn1nc(Br)c2cc(-c3cc(N)on3)ccc21. The van der Waals surface area contributed by atoms with Gasteiger partial charge in [-0.25, -0.2) is 0 Å². The summed E-state index contributed by atoms with van der Waals surface area (Å²) in [7, 11) is 1.90. The Balaban J connectivity index is 2.22. The predicted octanol–water partition coefficient (Wildman–Crippen LogP) is 2.57. The van der Waals surface area contributed by atoms with Gasteiger partial charge in [0, 0.05) is 24.1 Å². The number of benzene rings is 1. The van der Waals surface area contributed by atoms with Crippen LogP contribution in [-0.2, 0) is 7.05 Å². The molecule has 0 amide bonds. The molecular formula is C11H9BrN4O. The second-order valence-corrected chi connectivity index (χ2v) is 4.51. The zero-order chi connectivity index (χ0) is 12.0. The number of nitrogens with two attached hydrogens (primary N) is 1. The first-order valence-electron chi connectivity index (χ1n) is 5.00. The van der Waals surface area contributed by atoms with Gasteiger partial charge in [0.05, 0.1) is 5.52 Å². The quantitative estimate of drug-likeness (QED) is 0.748. The third kappa shape index (κ3) is 1.61. The standard InChI is InChI=1S/C11H9BrN4O/c1-16-9-3-2-6(4-7(9)11(12)14-16)8-5-10(13)17-15-8/h2-5H,13H2,1H3. The van der Waals surface area contributed by atoms with E-state index in [-0.39, 0.29) is 0 Å². The summed E-state index contributed by atoms with van der Waals surface area (Å²) in [6.07, 6.45) is 0. The number of halogens is 1. The number of fused-ring (bicyclic) bond motifs is 1. The fourth-order valence-electron chi connectivity index (χ4n) is 1.81. The maximum atomic E-state index is 5.51. The summed E-state index contributed by atoms with van der Waals surface area (Å²) >= 11 is 3.43. The van der Waals surface area contributed by atoms with E-state index in [1.807, 2.05) is 29.9 Å². The van der Waals surface area contributed by atoms with Crippen molar-refractivity contribution < 1.29 is 4.52 Å². The smallest absolute Gasteiger partial charge is 0.222 e. The summed E-state index contributed by atoms with van der Waals surface area (Å²) in [5.41, 5.74) is 8.23. The number of rotatable bonds is 1. The van der Waals surface area contributed by atoms with Crippen LogP contribution in [0.2, 0.25) is 0 Å². The molecule has 0 spiro atoms. The maximum Gasteiger partial charge on any atom is 0.222 e. The molecule has 86 valence electrons. The van der Waals surface area contributed by atoms with E-state index < -0.39 is 0 Å². The number of hydrogen-bond acceptors (Lipinski definition) is 4. The topological polar surface area (TPSA) is 69.9 Å². The molecule has 2 N–H and O–H groups in total. The Labute approximate surface area is 105 Å². The van der Waals surface area contributed by atoms with Crippen molar-refractivity contribution in [2.24, 2.45) is 7.05 Å². The Morgan fingerprint density at radius 3 is 2.88 bits per heavy atom. The maximum absolute atomic E-state index is 5.51. The average Bonchev–Trinajstić information content (AvgIpc) is 2.85. The first-order valence-corrected chi connectivity index (χ1v) is 5.79. The van der Waals surface area contributed by atoms with Crippen LogP contribution in [0, 0.1) is 0 Å². The minimum Gasteiger partial charge on any atom is -0.368 e. The van der Waals surface area contributed by atoms with Gasteiger partial charge in [0.1, 0.15) is 10.3 Å². The van der Waals surface area contributed by atoms with Crippen molar-refractivity contribution >= 4 is 32.7 Å². The van der Waals surface area contributed by atoms with Crippen molar-refractivity contribution in [1.82, 2.24) is 14.9 Å². The molecule has 17 heavy (non-hydrogen) atoms. The molecule has 3 aromatic rings. The van der Waals surface area contributed by atoms with E-state index in [0.717, 1.165) is 26.8 Å². The van der Waals surface area contributed by atoms with Gasteiger partial charge in [0.2, 0.25) is 5.88 Å². The van der Waals surface area contributed by atoms with Gasteiger partial charge in [-0.3, -0.25) is 4.68 Å². The largest absolute Gasteiger partial charge is 0.368 e. The van der Waals surface area contributed by atoms with Crippen molar-refractivity contribution in [2.75, 3.05) is 5.73 Å². The van der Waals surface area contributed by atoms with Crippen molar-refractivity contribution in [2.45, 2.75) is 0 Å². The summed E-state index contributed by atoms with van der Waals surface area (Å²) in [6, 6.07) is 7.66. The van der Waals surface area contributed by atoms with Crippen LogP contribution in [0.5, 0.6) is 0 Å². The first kappa shape index (κ1) is 10.3. The van der Waals surface area contributed by atoms with Crippen LogP contribution in [-0.4, -0.2) is 14.9 Å². The molecule has 2 aromatic heterocycles. The van der Waals surface area contributed by atoms with Crippen LogP contribution in [0.3, 0.4) is 0 Å². The zero-order valence-electron chi connectivity index (χ0n) is 9.01. The number of aromatic nitrogens is 3. The van der Waals surface area contributed by atoms with E-state index >= 15 is 0 Å². The second-order valence-electron chi connectivity index (χ2n) is 3.76. The highest BCUT2D eigenvalue weighted by Gasteiger charge is 2.09. The molecule has 0 bridgehead atoms. The molecule has 3 rings (SSSR count). The van der Waals surface area contributed by atoms with Crippen molar-refractivity contribution in [3.8, 4) is 11.3 Å². The van der Waals surface area contributed by atoms with Gasteiger partial charge in [0.15, 0.2) is 0 Å². The van der Waals surface area contributed by atoms with E-state index in [0.29, 0.717) is 5.88 Å². The van der Waals surface area contributed by atoms with Crippen LogP contribution in [0.1, 0.15) is 0 Å². The highest BCUT2D eigenvalue weighted by Crippen LogP contribution is 2.28. The fraction of sp³-hybridized carbons (Fsp3) is 0.0909. The van der Waals surface area contributed by atoms with Gasteiger partial charge in [-0.2, -0.15) is 5.10 Å². The molecule has 0 saturated carbocycles. The third-order valence-electron chi connectivity index (χ3n) is 2.63. The molecule has 0 radical (unpaired) electrons. The van der Waals surface area contributed by atoms with Crippen LogP contribution in [0.4, 0.5) is 5.88 Å². The van der Waals surface area contributed by atoms with Crippen molar-refractivity contribution in [3.63, 3.8) is 0 Å². The zero-order valence-corrected chi connectivity index (χ0v) is 10.6. The Morgan fingerprint density at radius 2 is 2.18 bits per heavy atom. The lowest BCUT2D eigenvalue weighted by molar-refractivity contribution is 0.439. The summed E-state index contributed by atoms with van der Waals surface area (Å²) in [4.78, 5) is 0. The Bertz CT molecular complexity index is 701. The number of nitrogens with zero attached hydrogens (tertiary/aromatic N) is 3. The van der Waals surface area contributed by atoms with Gasteiger partial charge in [-0.15, -0.1) is 0 Å². The summed E-state index contributed by atoms with van der Waals surface area (Å²) in [5.74, 6) is 0.311. The highest BCUT2D eigenvalue weighted by molar-refractivity contribution is 9.10. The van der Waals surface area contributed by atoms with Crippen LogP contribution >= 0.6 is 15.9 Å². The lowest BCUT2D eigenvalue weighted by Crippen LogP contribution is -1.88. The van der Waals surface area contributed by atoms with Gasteiger partial charge in [-0.05, 0) is 28.1 Å².